The zero-order valence-electron chi connectivity index (χ0n) is 22.4. The molecule has 0 spiro atoms. The van der Waals surface area contributed by atoms with E-state index in [1.807, 2.05) is 19.2 Å². The van der Waals surface area contributed by atoms with Gasteiger partial charge in [0.05, 0.1) is 46.5 Å². The van der Waals surface area contributed by atoms with Crippen LogP contribution in [0, 0.1) is 10.1 Å². The molecule has 3 aromatic rings. The van der Waals surface area contributed by atoms with Gasteiger partial charge in [0.15, 0.2) is 34.5 Å². The predicted molar refractivity (Wildman–Crippen MR) is 142 cm³/mol. The summed E-state index contributed by atoms with van der Waals surface area (Å²) < 4.78 is 33.3. The Morgan fingerprint density at radius 1 is 0.816 bits per heavy atom. The fraction of sp³-hybridized carbons (Fsp3) is 0.357. The molecule has 1 atom stereocenters. The number of ether oxygens (including phenoxy) is 6. The minimum Gasteiger partial charge on any atom is -0.493 e. The fourth-order valence-corrected chi connectivity index (χ4v) is 4.80. The highest BCUT2D eigenvalue weighted by atomic mass is 16.6. The zero-order valence-corrected chi connectivity index (χ0v) is 22.4. The van der Waals surface area contributed by atoms with Crippen LogP contribution >= 0.6 is 0 Å². The van der Waals surface area contributed by atoms with Gasteiger partial charge in [-0.25, -0.2) is 0 Å². The normalized spacial score (nSPS) is 14.8. The molecule has 0 N–H and O–H groups in total. The molecule has 10 nitrogen and oxygen atoms in total. The number of nitro groups is 1. The quantitative estimate of drug-likeness (QED) is 0.261. The van der Waals surface area contributed by atoms with E-state index in [0.29, 0.717) is 46.5 Å². The van der Waals surface area contributed by atoms with Gasteiger partial charge in [0.1, 0.15) is 5.75 Å². The lowest BCUT2D eigenvalue weighted by Crippen LogP contribution is -2.33. The van der Waals surface area contributed by atoms with Gasteiger partial charge in [-0.2, -0.15) is 0 Å². The Labute approximate surface area is 221 Å². The van der Waals surface area contributed by atoms with Gasteiger partial charge >= 0.3 is 0 Å². The number of hydrogen-bond donors (Lipinski definition) is 0. The van der Waals surface area contributed by atoms with Crippen molar-refractivity contribution in [1.82, 2.24) is 4.90 Å². The maximum Gasteiger partial charge on any atom is 0.276 e. The molecule has 0 unspecified atom stereocenters. The van der Waals surface area contributed by atoms with Crippen LogP contribution in [0.25, 0.3) is 0 Å². The second-order valence-electron chi connectivity index (χ2n) is 8.86. The zero-order chi connectivity index (χ0) is 27.4. The molecule has 0 aromatic heterocycles. The summed E-state index contributed by atoms with van der Waals surface area (Å²) in [6, 6.07) is 12.0. The Morgan fingerprint density at radius 2 is 1.42 bits per heavy atom. The highest BCUT2D eigenvalue weighted by Gasteiger charge is 2.30. The first-order valence-electron chi connectivity index (χ1n) is 12.0. The first-order chi connectivity index (χ1) is 18.3. The molecule has 0 amide bonds. The van der Waals surface area contributed by atoms with Crippen molar-refractivity contribution in [3.8, 4) is 40.2 Å². The van der Waals surface area contributed by atoms with Crippen molar-refractivity contribution in [3.05, 3.63) is 69.3 Å². The molecule has 1 aliphatic heterocycles. The highest BCUT2D eigenvalue weighted by Crippen LogP contribution is 2.43. The van der Waals surface area contributed by atoms with Gasteiger partial charge < -0.3 is 28.4 Å². The molecule has 0 fully saturated rings. The van der Waals surface area contributed by atoms with E-state index in [1.54, 1.807) is 45.6 Å². The summed E-state index contributed by atoms with van der Waals surface area (Å²) >= 11 is 0. The van der Waals surface area contributed by atoms with Gasteiger partial charge in [0, 0.05) is 24.2 Å². The number of hydrogen-bond acceptors (Lipinski definition) is 9. The van der Waals surface area contributed by atoms with Crippen LogP contribution in [0.15, 0.2) is 42.5 Å². The predicted octanol–water partition coefficient (Wildman–Crippen LogP) is 5.20. The third-order valence-electron chi connectivity index (χ3n) is 6.83. The van der Waals surface area contributed by atoms with Crippen LogP contribution in [0.2, 0.25) is 0 Å². The maximum atomic E-state index is 12.1. The van der Waals surface area contributed by atoms with E-state index in [0.717, 1.165) is 24.1 Å². The molecule has 1 aliphatic rings. The molecular formula is C28H32N2O8. The number of methoxy groups -OCH3 is 5. The molecule has 3 aromatic carbocycles. The molecule has 10 heteroatoms. The van der Waals surface area contributed by atoms with E-state index < -0.39 is 4.92 Å². The minimum atomic E-state index is -0.392. The van der Waals surface area contributed by atoms with Crippen LogP contribution in [0.1, 0.15) is 22.7 Å². The van der Waals surface area contributed by atoms with Crippen molar-refractivity contribution >= 4 is 5.69 Å². The summed E-state index contributed by atoms with van der Waals surface area (Å²) in [7, 11) is 9.76. The topological polar surface area (TPSA) is 102 Å². The molecule has 0 aliphatic carbocycles. The van der Waals surface area contributed by atoms with E-state index in [1.165, 1.54) is 20.3 Å². The summed E-state index contributed by atoms with van der Waals surface area (Å²) in [5, 5.41) is 12.1. The van der Waals surface area contributed by atoms with Crippen LogP contribution in [0.3, 0.4) is 0 Å². The van der Waals surface area contributed by atoms with Crippen LogP contribution in [0.5, 0.6) is 40.2 Å². The van der Waals surface area contributed by atoms with E-state index in [-0.39, 0.29) is 17.5 Å². The van der Waals surface area contributed by atoms with E-state index >= 15 is 0 Å². The molecule has 0 saturated carbocycles. The first kappa shape index (κ1) is 26.9. The summed E-state index contributed by atoms with van der Waals surface area (Å²) in [5.41, 5.74) is 2.65. The maximum absolute atomic E-state index is 12.1. The molecule has 1 heterocycles. The molecular weight excluding hydrogens is 492 g/mol. The monoisotopic (exact) mass is 524 g/mol. The standard InChI is InChI=1S/C28H32N2O8/c1-29-10-9-17-12-24(34-3)26(36-5)15-20(17)22(29)11-18-13-28(27(37-6)16-21(18)30(31)32)38-19-7-8-23(33-2)25(14-19)35-4/h7-8,12-16,22H,9-11H2,1-6H3/t22-/m1/s1. The van der Waals surface area contributed by atoms with Gasteiger partial charge in [-0.05, 0) is 61.3 Å². The van der Waals surface area contributed by atoms with Crippen molar-refractivity contribution in [2.24, 2.45) is 0 Å². The molecule has 0 radical (unpaired) electrons. The van der Waals surface area contributed by atoms with E-state index in [9.17, 15) is 10.1 Å². The molecule has 0 bridgehead atoms. The third kappa shape index (κ3) is 5.26. The molecule has 0 saturated heterocycles. The van der Waals surface area contributed by atoms with Gasteiger partial charge in [-0.15, -0.1) is 0 Å². The van der Waals surface area contributed by atoms with E-state index in [2.05, 4.69) is 4.90 Å². The van der Waals surface area contributed by atoms with Gasteiger partial charge in [0.25, 0.3) is 5.69 Å². The smallest absolute Gasteiger partial charge is 0.276 e. The lowest BCUT2D eigenvalue weighted by atomic mass is 9.88. The Morgan fingerprint density at radius 3 is 2.05 bits per heavy atom. The third-order valence-corrected chi connectivity index (χ3v) is 6.83. The number of nitro benzene ring substituents is 1. The lowest BCUT2D eigenvalue weighted by Gasteiger charge is -2.35. The van der Waals surface area contributed by atoms with Gasteiger partial charge in [-0.3, -0.25) is 15.0 Å². The largest absolute Gasteiger partial charge is 0.493 e. The average molecular weight is 525 g/mol. The molecule has 202 valence electrons. The van der Waals surface area contributed by atoms with Crippen LogP contribution in [-0.2, 0) is 12.8 Å². The van der Waals surface area contributed by atoms with Crippen molar-refractivity contribution in [3.63, 3.8) is 0 Å². The number of nitrogens with zero attached hydrogens (tertiary/aromatic N) is 2. The van der Waals surface area contributed by atoms with Crippen molar-refractivity contribution in [1.29, 1.82) is 0 Å². The Balaban J connectivity index is 1.76. The second-order valence-corrected chi connectivity index (χ2v) is 8.86. The first-order valence-corrected chi connectivity index (χ1v) is 12.0. The fourth-order valence-electron chi connectivity index (χ4n) is 4.80. The van der Waals surface area contributed by atoms with Crippen molar-refractivity contribution < 1.29 is 33.3 Å². The van der Waals surface area contributed by atoms with E-state index in [4.69, 9.17) is 28.4 Å². The number of benzene rings is 3. The summed E-state index contributed by atoms with van der Waals surface area (Å²) in [6.45, 7) is 0.798. The molecule has 38 heavy (non-hydrogen) atoms. The van der Waals surface area contributed by atoms with Gasteiger partial charge in [-0.1, -0.05) is 0 Å². The minimum absolute atomic E-state index is 0.0393. The molecule has 4 rings (SSSR count). The summed E-state index contributed by atoms with van der Waals surface area (Å²) in [4.78, 5) is 13.9. The Hall–Kier alpha value is -4.18. The summed E-state index contributed by atoms with van der Waals surface area (Å²) in [6.07, 6.45) is 1.21. The number of likely N-dealkylation sites (N-methyl/N-ethyl adjacent to an activating group) is 1. The van der Waals surface area contributed by atoms with Crippen LogP contribution < -0.4 is 28.4 Å². The van der Waals surface area contributed by atoms with Crippen LogP contribution in [-0.4, -0.2) is 59.0 Å². The van der Waals surface area contributed by atoms with Gasteiger partial charge in [0.2, 0.25) is 0 Å². The average Bonchev–Trinajstić information content (AvgIpc) is 2.93. The Kier molecular flexibility index (Phi) is 8.11. The van der Waals surface area contributed by atoms with Crippen LogP contribution in [0.4, 0.5) is 5.69 Å². The SMILES string of the molecule is COc1ccc(Oc2cc(C[C@@H]3c4cc(OC)c(OC)cc4CCN3C)c([N+](=O)[O-])cc2OC)cc1OC. The number of fused-ring (bicyclic) bond motifs is 1. The van der Waals surface area contributed by atoms with Crippen molar-refractivity contribution in [2.75, 3.05) is 49.1 Å². The number of rotatable bonds is 10. The second kappa shape index (κ2) is 11.5. The Bertz CT molecular complexity index is 1330. The lowest BCUT2D eigenvalue weighted by molar-refractivity contribution is -0.385. The van der Waals surface area contributed by atoms with Crippen molar-refractivity contribution in [2.45, 2.75) is 18.9 Å². The highest BCUT2D eigenvalue weighted by molar-refractivity contribution is 5.57. The summed E-state index contributed by atoms with van der Waals surface area (Å²) in [5.74, 6) is 3.41.